The van der Waals surface area contributed by atoms with Crippen LogP contribution in [0.15, 0.2) is 0 Å². The standard InChI is InChI=1S/C31H56N2O6/c1-20(2)18-25(32-22(5)6)29(36)38-23-14-16-24(17-15-23)39-30(37)26(19-21(3)4)33-28(35)13-11-10-12-27(34)31(7,8)9/h20-26,32H,10-19H2,1-9H3,(H,33,35). The minimum atomic E-state index is -0.692. The van der Waals surface area contributed by atoms with Gasteiger partial charge in [0.1, 0.15) is 30.1 Å². The lowest BCUT2D eigenvalue weighted by Gasteiger charge is -2.31. The highest BCUT2D eigenvalue weighted by molar-refractivity contribution is 5.85. The highest BCUT2D eigenvalue weighted by Crippen LogP contribution is 2.25. The number of carbonyl (C=O) groups is 4. The molecule has 0 radical (unpaired) electrons. The number of carbonyl (C=O) groups excluding carboxylic acids is 4. The van der Waals surface area contributed by atoms with Crippen molar-refractivity contribution in [2.45, 2.75) is 157 Å². The predicted molar refractivity (Wildman–Crippen MR) is 154 cm³/mol. The fraction of sp³-hybridized carbons (Fsp3) is 0.871. The number of unbranched alkanes of at least 4 members (excludes halogenated alkanes) is 1. The molecular weight excluding hydrogens is 496 g/mol. The molecule has 0 spiro atoms. The van der Waals surface area contributed by atoms with Crippen molar-refractivity contribution in [3.05, 3.63) is 0 Å². The van der Waals surface area contributed by atoms with E-state index in [-0.39, 0.29) is 59.7 Å². The molecule has 0 aliphatic heterocycles. The first kappa shape index (κ1) is 35.1. The molecule has 1 saturated carbocycles. The monoisotopic (exact) mass is 552 g/mol. The molecule has 226 valence electrons. The van der Waals surface area contributed by atoms with E-state index in [1.54, 1.807) is 0 Å². The number of hydrogen-bond donors (Lipinski definition) is 2. The van der Waals surface area contributed by atoms with Crippen molar-refractivity contribution in [3.63, 3.8) is 0 Å². The van der Waals surface area contributed by atoms with Crippen LogP contribution in [0.1, 0.15) is 127 Å². The summed E-state index contributed by atoms with van der Waals surface area (Å²) in [5.74, 6) is -0.0287. The zero-order chi connectivity index (χ0) is 29.8. The van der Waals surface area contributed by atoms with Crippen LogP contribution in [0.4, 0.5) is 0 Å². The quantitative estimate of drug-likeness (QED) is 0.192. The highest BCUT2D eigenvalue weighted by Gasteiger charge is 2.32. The lowest BCUT2D eigenvalue weighted by molar-refractivity contribution is -0.161. The van der Waals surface area contributed by atoms with Crippen LogP contribution in [0.3, 0.4) is 0 Å². The third kappa shape index (κ3) is 14.8. The Kier molecular flexibility index (Phi) is 15.3. The normalized spacial score (nSPS) is 19.6. The average molecular weight is 553 g/mol. The van der Waals surface area contributed by atoms with E-state index in [2.05, 4.69) is 24.5 Å². The van der Waals surface area contributed by atoms with Crippen molar-refractivity contribution in [3.8, 4) is 0 Å². The molecule has 0 saturated heterocycles. The Morgan fingerprint density at radius 1 is 0.718 bits per heavy atom. The van der Waals surface area contributed by atoms with Crippen LogP contribution in [-0.4, -0.2) is 54.0 Å². The van der Waals surface area contributed by atoms with E-state index in [9.17, 15) is 19.2 Å². The van der Waals surface area contributed by atoms with Crippen molar-refractivity contribution < 1.29 is 28.7 Å². The van der Waals surface area contributed by atoms with Gasteiger partial charge in [-0.25, -0.2) is 4.79 Å². The van der Waals surface area contributed by atoms with Crippen LogP contribution in [0.25, 0.3) is 0 Å². The van der Waals surface area contributed by atoms with E-state index in [1.807, 2.05) is 48.5 Å². The molecule has 0 heterocycles. The van der Waals surface area contributed by atoms with Gasteiger partial charge in [0.15, 0.2) is 0 Å². The second-order valence-electron chi connectivity index (χ2n) is 13.4. The van der Waals surface area contributed by atoms with Crippen molar-refractivity contribution in [1.82, 2.24) is 10.6 Å². The molecule has 2 unspecified atom stereocenters. The number of amides is 1. The molecule has 0 aromatic heterocycles. The number of rotatable bonds is 16. The summed E-state index contributed by atoms with van der Waals surface area (Å²) in [5.41, 5.74) is -0.365. The average Bonchev–Trinajstić information content (AvgIpc) is 2.80. The Labute approximate surface area is 237 Å². The summed E-state index contributed by atoms with van der Waals surface area (Å²) in [5, 5.41) is 6.17. The van der Waals surface area contributed by atoms with Gasteiger partial charge in [-0.15, -0.1) is 0 Å². The Hall–Kier alpha value is -1.96. The predicted octanol–water partition coefficient (Wildman–Crippen LogP) is 5.50. The molecule has 2 N–H and O–H groups in total. The molecule has 1 rings (SSSR count). The number of esters is 2. The van der Waals surface area contributed by atoms with Gasteiger partial charge in [-0.05, 0) is 63.2 Å². The molecule has 2 atom stereocenters. The first-order chi connectivity index (χ1) is 18.1. The molecular formula is C31H56N2O6. The van der Waals surface area contributed by atoms with Gasteiger partial charge >= 0.3 is 11.9 Å². The molecule has 1 aliphatic carbocycles. The molecule has 1 amide bonds. The van der Waals surface area contributed by atoms with E-state index in [0.717, 1.165) is 6.42 Å². The lowest BCUT2D eigenvalue weighted by Crippen LogP contribution is -2.45. The summed E-state index contributed by atoms with van der Waals surface area (Å²) in [6, 6.07) is -0.823. The number of ketones is 1. The third-order valence-corrected chi connectivity index (χ3v) is 6.93. The van der Waals surface area contributed by atoms with Crippen LogP contribution in [0.2, 0.25) is 0 Å². The maximum atomic E-state index is 13.0. The van der Waals surface area contributed by atoms with Crippen LogP contribution >= 0.6 is 0 Å². The fourth-order valence-corrected chi connectivity index (χ4v) is 4.76. The van der Waals surface area contributed by atoms with Gasteiger partial charge in [-0.3, -0.25) is 14.4 Å². The van der Waals surface area contributed by atoms with Crippen LogP contribution in [0, 0.1) is 17.3 Å². The summed E-state index contributed by atoms with van der Waals surface area (Å²) in [7, 11) is 0. The van der Waals surface area contributed by atoms with Gasteiger partial charge < -0.3 is 20.1 Å². The Morgan fingerprint density at radius 2 is 1.15 bits per heavy atom. The zero-order valence-electron chi connectivity index (χ0n) is 26.1. The maximum absolute atomic E-state index is 13.0. The summed E-state index contributed by atoms with van der Waals surface area (Å²) in [4.78, 5) is 50.4. The minimum absolute atomic E-state index is 0.174. The Bertz CT molecular complexity index is 768. The van der Waals surface area contributed by atoms with Gasteiger partial charge in [0.05, 0.1) is 0 Å². The van der Waals surface area contributed by atoms with E-state index in [1.165, 1.54) is 0 Å². The largest absolute Gasteiger partial charge is 0.461 e. The summed E-state index contributed by atoms with van der Waals surface area (Å²) < 4.78 is 11.6. The van der Waals surface area contributed by atoms with Crippen molar-refractivity contribution in [1.29, 1.82) is 0 Å². The van der Waals surface area contributed by atoms with E-state index < -0.39 is 12.0 Å². The lowest BCUT2D eigenvalue weighted by atomic mass is 9.88. The van der Waals surface area contributed by atoms with Crippen LogP contribution < -0.4 is 10.6 Å². The number of ether oxygens (including phenoxy) is 2. The summed E-state index contributed by atoms with van der Waals surface area (Å²) in [6.45, 7) is 17.9. The molecule has 8 nitrogen and oxygen atoms in total. The third-order valence-electron chi connectivity index (χ3n) is 6.93. The molecule has 1 aliphatic rings. The van der Waals surface area contributed by atoms with E-state index in [0.29, 0.717) is 57.3 Å². The maximum Gasteiger partial charge on any atom is 0.328 e. The first-order valence-corrected chi connectivity index (χ1v) is 15.1. The molecule has 39 heavy (non-hydrogen) atoms. The van der Waals surface area contributed by atoms with Gasteiger partial charge in [0, 0.05) is 24.3 Å². The van der Waals surface area contributed by atoms with Gasteiger partial charge in [-0.2, -0.15) is 0 Å². The number of Topliss-reactive ketones (excluding diaryl/α,β-unsaturated/α-hetero) is 1. The topological polar surface area (TPSA) is 111 Å². The summed E-state index contributed by atoms with van der Waals surface area (Å²) >= 11 is 0. The van der Waals surface area contributed by atoms with Crippen molar-refractivity contribution in [2.24, 2.45) is 17.3 Å². The SMILES string of the molecule is CC(C)CC(NC(=O)CCCCC(=O)C(C)(C)C)C(=O)OC1CCC(OC(=O)C(CC(C)C)NC(C)C)CC1. The molecule has 0 aromatic carbocycles. The number of nitrogens with one attached hydrogen (secondary N) is 2. The van der Waals surface area contributed by atoms with Gasteiger partial charge in [0.25, 0.3) is 0 Å². The van der Waals surface area contributed by atoms with E-state index in [4.69, 9.17) is 9.47 Å². The van der Waals surface area contributed by atoms with E-state index >= 15 is 0 Å². The minimum Gasteiger partial charge on any atom is -0.461 e. The van der Waals surface area contributed by atoms with Crippen molar-refractivity contribution >= 4 is 23.6 Å². The second kappa shape index (κ2) is 17.0. The second-order valence-corrected chi connectivity index (χ2v) is 13.4. The molecule has 0 aromatic rings. The fourth-order valence-electron chi connectivity index (χ4n) is 4.76. The molecule has 1 fully saturated rings. The highest BCUT2D eigenvalue weighted by atomic mass is 16.6. The molecule has 0 bridgehead atoms. The molecule has 8 heteroatoms. The Morgan fingerprint density at radius 3 is 1.59 bits per heavy atom. The van der Waals surface area contributed by atoms with Gasteiger partial charge in [0.2, 0.25) is 5.91 Å². The zero-order valence-corrected chi connectivity index (χ0v) is 26.1. The smallest absolute Gasteiger partial charge is 0.328 e. The first-order valence-electron chi connectivity index (χ1n) is 15.1. The van der Waals surface area contributed by atoms with Crippen LogP contribution in [-0.2, 0) is 28.7 Å². The Balaban J connectivity index is 2.53. The van der Waals surface area contributed by atoms with Crippen molar-refractivity contribution in [2.75, 3.05) is 0 Å². The van der Waals surface area contributed by atoms with Gasteiger partial charge in [-0.1, -0.05) is 62.3 Å². The summed E-state index contributed by atoms with van der Waals surface area (Å²) in [6.07, 6.45) is 5.34. The number of hydrogen-bond acceptors (Lipinski definition) is 7. The van der Waals surface area contributed by atoms with Crippen LogP contribution in [0.5, 0.6) is 0 Å².